The molecule has 0 saturated carbocycles. The summed E-state index contributed by atoms with van der Waals surface area (Å²) < 4.78 is 35.5. The molecule has 0 radical (unpaired) electrons. The molecule has 0 aromatic heterocycles. The molecule has 2 rings (SSSR count). The molecule has 0 aliphatic rings. The van der Waals surface area contributed by atoms with Crippen LogP contribution in [0.15, 0.2) is 36.4 Å². The van der Waals surface area contributed by atoms with Gasteiger partial charge in [-0.1, -0.05) is 11.6 Å². The van der Waals surface area contributed by atoms with Crippen LogP contribution in [0.2, 0.25) is 5.02 Å². The maximum absolute atomic E-state index is 12.6. The first-order valence-corrected chi connectivity index (χ1v) is 10.2. The summed E-state index contributed by atoms with van der Waals surface area (Å²) in [7, 11) is -0.329. The van der Waals surface area contributed by atoms with Crippen molar-refractivity contribution in [3.63, 3.8) is 0 Å². The van der Waals surface area contributed by atoms with E-state index in [2.05, 4.69) is 10.0 Å². The highest BCUT2D eigenvalue weighted by molar-refractivity contribution is 7.92. The van der Waals surface area contributed by atoms with Crippen LogP contribution in [0.4, 0.5) is 5.69 Å². The highest BCUT2D eigenvalue weighted by Gasteiger charge is 2.18. The van der Waals surface area contributed by atoms with Gasteiger partial charge in [0, 0.05) is 11.3 Å². The van der Waals surface area contributed by atoms with Crippen molar-refractivity contribution in [3.05, 3.63) is 52.5 Å². The van der Waals surface area contributed by atoms with Gasteiger partial charge in [-0.2, -0.15) is 0 Å². The average molecular weight is 413 g/mol. The number of anilines is 1. The SMILES string of the molecule is COc1ccc(OC)c([C@H](C)NC(=O)c2ccc(NS(C)(=O)=O)cc2Cl)c1. The van der Waals surface area contributed by atoms with E-state index < -0.39 is 15.9 Å². The molecule has 27 heavy (non-hydrogen) atoms. The number of hydrogen-bond acceptors (Lipinski definition) is 5. The fraction of sp³-hybridized carbons (Fsp3) is 0.278. The second kappa shape index (κ2) is 8.49. The molecule has 0 bridgehead atoms. The second-order valence-electron chi connectivity index (χ2n) is 5.87. The molecule has 7 nitrogen and oxygen atoms in total. The molecular formula is C18H21ClN2O5S. The second-order valence-corrected chi connectivity index (χ2v) is 8.03. The minimum absolute atomic E-state index is 0.131. The molecular weight excluding hydrogens is 392 g/mol. The van der Waals surface area contributed by atoms with Crippen LogP contribution in [0.25, 0.3) is 0 Å². The van der Waals surface area contributed by atoms with E-state index in [0.717, 1.165) is 11.8 Å². The Morgan fingerprint density at radius 2 is 1.81 bits per heavy atom. The van der Waals surface area contributed by atoms with Crippen LogP contribution in [0.5, 0.6) is 11.5 Å². The Labute approximate surface area is 163 Å². The Bertz CT molecular complexity index is 947. The summed E-state index contributed by atoms with van der Waals surface area (Å²) >= 11 is 6.15. The lowest BCUT2D eigenvalue weighted by Gasteiger charge is -2.19. The van der Waals surface area contributed by atoms with Gasteiger partial charge in [0.05, 0.1) is 37.1 Å². The van der Waals surface area contributed by atoms with Crippen LogP contribution in [-0.2, 0) is 10.0 Å². The van der Waals surface area contributed by atoms with Crippen molar-refractivity contribution in [2.75, 3.05) is 25.2 Å². The predicted octanol–water partition coefficient (Wildman–Crippen LogP) is 3.22. The lowest BCUT2D eigenvalue weighted by atomic mass is 10.1. The van der Waals surface area contributed by atoms with Crippen LogP contribution in [0, 0.1) is 0 Å². The van der Waals surface area contributed by atoms with E-state index in [1.807, 2.05) is 6.92 Å². The fourth-order valence-electron chi connectivity index (χ4n) is 2.51. The molecule has 0 aliphatic carbocycles. The zero-order chi connectivity index (χ0) is 20.2. The van der Waals surface area contributed by atoms with Crippen molar-refractivity contribution in [1.82, 2.24) is 5.32 Å². The van der Waals surface area contributed by atoms with E-state index in [0.29, 0.717) is 11.5 Å². The van der Waals surface area contributed by atoms with Crippen molar-refractivity contribution >= 4 is 33.2 Å². The molecule has 0 aliphatic heterocycles. The Morgan fingerprint density at radius 3 is 2.37 bits per heavy atom. The minimum atomic E-state index is -3.43. The number of benzene rings is 2. The maximum Gasteiger partial charge on any atom is 0.253 e. The third kappa shape index (κ3) is 5.51. The maximum atomic E-state index is 12.6. The molecule has 9 heteroatoms. The molecule has 0 fully saturated rings. The van der Waals surface area contributed by atoms with Crippen LogP contribution < -0.4 is 19.5 Å². The van der Waals surface area contributed by atoms with Gasteiger partial charge in [-0.3, -0.25) is 9.52 Å². The highest BCUT2D eigenvalue weighted by atomic mass is 35.5. The largest absolute Gasteiger partial charge is 0.497 e. The third-order valence-corrected chi connectivity index (χ3v) is 4.69. The highest BCUT2D eigenvalue weighted by Crippen LogP contribution is 2.30. The first-order valence-electron chi connectivity index (χ1n) is 7.94. The number of carbonyl (C=O) groups is 1. The van der Waals surface area contributed by atoms with Crippen LogP contribution in [0.1, 0.15) is 28.9 Å². The molecule has 0 heterocycles. The summed E-state index contributed by atoms with van der Waals surface area (Å²) in [6.07, 6.45) is 1.03. The van der Waals surface area contributed by atoms with Gasteiger partial charge in [0.25, 0.3) is 5.91 Å². The van der Waals surface area contributed by atoms with Crippen LogP contribution in [0.3, 0.4) is 0 Å². The van der Waals surface area contributed by atoms with E-state index in [9.17, 15) is 13.2 Å². The van der Waals surface area contributed by atoms with Gasteiger partial charge in [-0.15, -0.1) is 0 Å². The van der Waals surface area contributed by atoms with E-state index in [1.54, 1.807) is 32.4 Å². The number of rotatable bonds is 7. The number of methoxy groups -OCH3 is 2. The molecule has 0 unspecified atom stereocenters. The Hall–Kier alpha value is -2.45. The summed E-state index contributed by atoms with van der Waals surface area (Å²) in [5.41, 5.74) is 1.25. The monoisotopic (exact) mass is 412 g/mol. The number of nitrogens with one attached hydrogen (secondary N) is 2. The first-order chi connectivity index (χ1) is 12.6. The lowest BCUT2D eigenvalue weighted by molar-refractivity contribution is 0.0939. The standard InChI is InChI=1S/C18H21ClN2O5S/c1-11(15-10-13(25-2)6-8-17(15)26-3)20-18(22)14-7-5-12(9-16(14)19)21-27(4,23)24/h5-11,21H,1-4H3,(H,20,22)/t11-/m0/s1. The quantitative estimate of drug-likeness (QED) is 0.728. The van der Waals surface area contributed by atoms with Crippen molar-refractivity contribution in [1.29, 1.82) is 0 Å². The number of ether oxygens (including phenoxy) is 2. The molecule has 0 saturated heterocycles. The number of amides is 1. The van der Waals surface area contributed by atoms with Gasteiger partial charge < -0.3 is 14.8 Å². The lowest BCUT2D eigenvalue weighted by Crippen LogP contribution is -2.27. The van der Waals surface area contributed by atoms with Gasteiger partial charge in [0.15, 0.2) is 0 Å². The molecule has 1 amide bonds. The molecule has 1 atom stereocenters. The van der Waals surface area contributed by atoms with Crippen molar-refractivity contribution in [2.24, 2.45) is 0 Å². The van der Waals surface area contributed by atoms with Crippen molar-refractivity contribution in [2.45, 2.75) is 13.0 Å². The molecule has 2 aromatic rings. The Kier molecular flexibility index (Phi) is 6.56. The van der Waals surface area contributed by atoms with Gasteiger partial charge in [-0.25, -0.2) is 8.42 Å². The fourth-order valence-corrected chi connectivity index (χ4v) is 3.33. The number of halogens is 1. The van der Waals surface area contributed by atoms with Crippen molar-refractivity contribution in [3.8, 4) is 11.5 Å². The third-order valence-electron chi connectivity index (χ3n) is 3.77. The van der Waals surface area contributed by atoms with Crippen molar-refractivity contribution < 1.29 is 22.7 Å². The summed E-state index contributed by atoms with van der Waals surface area (Å²) in [5, 5.41) is 2.98. The van der Waals surface area contributed by atoms with Gasteiger partial charge in [-0.05, 0) is 43.3 Å². The topological polar surface area (TPSA) is 93.7 Å². The molecule has 146 valence electrons. The van der Waals surface area contributed by atoms with Crippen LogP contribution in [-0.4, -0.2) is 34.8 Å². The summed E-state index contributed by atoms with van der Waals surface area (Å²) in [6, 6.07) is 9.24. The van der Waals surface area contributed by atoms with E-state index in [1.165, 1.54) is 18.2 Å². The number of carbonyl (C=O) groups excluding carboxylic acids is 1. The predicted molar refractivity (Wildman–Crippen MR) is 105 cm³/mol. The van der Waals surface area contributed by atoms with Gasteiger partial charge >= 0.3 is 0 Å². The molecule has 0 spiro atoms. The molecule has 2 aromatic carbocycles. The normalized spacial score (nSPS) is 12.2. The Morgan fingerprint density at radius 1 is 1.11 bits per heavy atom. The summed E-state index contributed by atoms with van der Waals surface area (Å²) in [5.74, 6) is 0.854. The smallest absolute Gasteiger partial charge is 0.253 e. The van der Waals surface area contributed by atoms with E-state index in [4.69, 9.17) is 21.1 Å². The minimum Gasteiger partial charge on any atom is -0.497 e. The Balaban J connectivity index is 2.22. The number of hydrogen-bond donors (Lipinski definition) is 2. The molecule has 2 N–H and O–H groups in total. The van der Waals surface area contributed by atoms with Crippen LogP contribution >= 0.6 is 11.6 Å². The summed E-state index contributed by atoms with van der Waals surface area (Å²) in [4.78, 5) is 12.6. The van der Waals surface area contributed by atoms with E-state index >= 15 is 0 Å². The average Bonchev–Trinajstić information content (AvgIpc) is 2.59. The zero-order valence-electron chi connectivity index (χ0n) is 15.4. The van der Waals surface area contributed by atoms with E-state index in [-0.39, 0.29) is 22.3 Å². The number of sulfonamides is 1. The summed E-state index contributed by atoms with van der Waals surface area (Å²) in [6.45, 7) is 1.81. The van der Waals surface area contributed by atoms with Gasteiger partial charge in [0.2, 0.25) is 10.0 Å². The first kappa shape index (κ1) is 20.9. The zero-order valence-corrected chi connectivity index (χ0v) is 16.9. The van der Waals surface area contributed by atoms with Gasteiger partial charge in [0.1, 0.15) is 11.5 Å².